The molecular weight excluding hydrogens is 377 g/mol. The van der Waals surface area contributed by atoms with Crippen LogP contribution in [0, 0.1) is 0 Å². The molecule has 7 heteroatoms. The lowest BCUT2D eigenvalue weighted by molar-refractivity contribution is -0.137. The van der Waals surface area contributed by atoms with Gasteiger partial charge in [0.05, 0.1) is 11.1 Å². The molecule has 2 aromatic rings. The van der Waals surface area contributed by atoms with Crippen molar-refractivity contribution in [1.29, 1.82) is 0 Å². The number of likely N-dealkylation sites (tertiary alicyclic amines) is 1. The molecule has 0 bridgehead atoms. The smallest absolute Gasteiger partial charge is 0.334 e. The maximum Gasteiger partial charge on any atom is 0.416 e. The SMILES string of the molecule is CC1(c2ccc(C(F)(F)F)cc2)CCCN1C(=O)NCc1ccc(Cl)cc1. The average Bonchev–Trinajstić information content (AvgIpc) is 3.03. The summed E-state index contributed by atoms with van der Waals surface area (Å²) in [5, 5.41) is 3.51. The molecule has 0 radical (unpaired) electrons. The van der Waals surface area contributed by atoms with Gasteiger partial charge in [0.1, 0.15) is 0 Å². The van der Waals surface area contributed by atoms with E-state index in [9.17, 15) is 18.0 Å². The van der Waals surface area contributed by atoms with E-state index in [1.807, 2.05) is 19.1 Å². The summed E-state index contributed by atoms with van der Waals surface area (Å²) >= 11 is 5.86. The first-order chi connectivity index (χ1) is 12.7. The zero-order chi connectivity index (χ0) is 19.7. The molecule has 2 aromatic carbocycles. The van der Waals surface area contributed by atoms with Gasteiger partial charge in [-0.15, -0.1) is 0 Å². The Morgan fingerprint density at radius 2 is 1.78 bits per heavy atom. The van der Waals surface area contributed by atoms with E-state index in [1.165, 1.54) is 12.1 Å². The number of nitrogens with one attached hydrogen (secondary N) is 1. The quantitative estimate of drug-likeness (QED) is 0.721. The topological polar surface area (TPSA) is 32.3 Å². The van der Waals surface area contributed by atoms with Crippen molar-refractivity contribution < 1.29 is 18.0 Å². The summed E-state index contributed by atoms with van der Waals surface area (Å²) in [5.41, 5.74) is 0.304. The van der Waals surface area contributed by atoms with Crippen LogP contribution in [0.15, 0.2) is 48.5 Å². The maximum atomic E-state index is 12.8. The predicted octanol–water partition coefficient (Wildman–Crippen LogP) is 5.58. The third kappa shape index (κ3) is 4.21. The van der Waals surface area contributed by atoms with Gasteiger partial charge in [-0.1, -0.05) is 35.9 Å². The number of hydrogen-bond donors (Lipinski definition) is 1. The van der Waals surface area contributed by atoms with Crippen LogP contribution < -0.4 is 5.32 Å². The number of urea groups is 1. The fourth-order valence-electron chi connectivity index (χ4n) is 3.48. The van der Waals surface area contributed by atoms with Gasteiger partial charge >= 0.3 is 12.2 Å². The Balaban J connectivity index is 1.73. The number of rotatable bonds is 3. The van der Waals surface area contributed by atoms with Gasteiger partial charge in [0.25, 0.3) is 0 Å². The van der Waals surface area contributed by atoms with Crippen LogP contribution in [0.5, 0.6) is 0 Å². The molecule has 0 aromatic heterocycles. The molecule has 27 heavy (non-hydrogen) atoms. The van der Waals surface area contributed by atoms with Crippen molar-refractivity contribution in [2.24, 2.45) is 0 Å². The number of halogens is 4. The summed E-state index contributed by atoms with van der Waals surface area (Å²) < 4.78 is 38.4. The van der Waals surface area contributed by atoms with Crippen LogP contribution in [-0.4, -0.2) is 17.5 Å². The Hall–Kier alpha value is -2.21. The van der Waals surface area contributed by atoms with Crippen molar-refractivity contribution in [3.63, 3.8) is 0 Å². The van der Waals surface area contributed by atoms with Crippen molar-refractivity contribution in [3.8, 4) is 0 Å². The van der Waals surface area contributed by atoms with E-state index in [2.05, 4.69) is 5.32 Å². The fraction of sp³-hybridized carbons (Fsp3) is 0.350. The van der Waals surface area contributed by atoms with E-state index in [0.29, 0.717) is 30.1 Å². The minimum atomic E-state index is -4.37. The molecule has 1 saturated heterocycles. The van der Waals surface area contributed by atoms with E-state index in [1.54, 1.807) is 17.0 Å². The van der Waals surface area contributed by atoms with Crippen LogP contribution in [0.1, 0.15) is 36.5 Å². The summed E-state index contributed by atoms with van der Waals surface area (Å²) in [6.07, 6.45) is -2.87. The first-order valence-electron chi connectivity index (χ1n) is 8.68. The second-order valence-corrected chi connectivity index (χ2v) is 7.33. The molecule has 0 saturated carbocycles. The molecule has 1 heterocycles. The highest BCUT2D eigenvalue weighted by molar-refractivity contribution is 6.30. The minimum absolute atomic E-state index is 0.232. The van der Waals surface area contributed by atoms with Crippen LogP contribution >= 0.6 is 11.6 Å². The first kappa shape index (κ1) is 19.5. The second-order valence-electron chi connectivity index (χ2n) is 6.89. The van der Waals surface area contributed by atoms with Gasteiger partial charge in [-0.3, -0.25) is 0 Å². The Morgan fingerprint density at radius 1 is 1.15 bits per heavy atom. The van der Waals surface area contributed by atoms with E-state index < -0.39 is 17.3 Å². The Morgan fingerprint density at radius 3 is 2.37 bits per heavy atom. The fourth-order valence-corrected chi connectivity index (χ4v) is 3.61. The molecule has 2 amide bonds. The molecule has 3 rings (SSSR count). The largest absolute Gasteiger partial charge is 0.416 e. The van der Waals surface area contributed by atoms with Gasteiger partial charge in [0.2, 0.25) is 0 Å². The summed E-state index contributed by atoms with van der Waals surface area (Å²) in [5.74, 6) is 0. The second kappa shape index (κ2) is 7.43. The lowest BCUT2D eigenvalue weighted by Gasteiger charge is -2.36. The van der Waals surface area contributed by atoms with Crippen LogP contribution in [0.2, 0.25) is 5.02 Å². The van der Waals surface area contributed by atoms with Gasteiger partial charge in [-0.05, 0) is 55.2 Å². The molecule has 1 atom stereocenters. The monoisotopic (exact) mass is 396 g/mol. The Bertz CT molecular complexity index is 805. The van der Waals surface area contributed by atoms with Crippen LogP contribution in [0.25, 0.3) is 0 Å². The van der Waals surface area contributed by atoms with E-state index in [-0.39, 0.29) is 6.03 Å². The van der Waals surface area contributed by atoms with Gasteiger partial charge in [-0.25, -0.2) is 4.79 Å². The van der Waals surface area contributed by atoms with Crippen molar-refractivity contribution in [1.82, 2.24) is 10.2 Å². The predicted molar refractivity (Wildman–Crippen MR) is 98.4 cm³/mol. The Labute approximate surface area is 161 Å². The third-order valence-electron chi connectivity index (χ3n) is 5.08. The summed E-state index contributed by atoms with van der Waals surface area (Å²) in [6, 6.07) is 12.0. The number of carbonyl (C=O) groups is 1. The van der Waals surface area contributed by atoms with Crippen molar-refractivity contribution in [2.45, 2.75) is 38.0 Å². The van der Waals surface area contributed by atoms with Gasteiger partial charge in [-0.2, -0.15) is 13.2 Å². The molecule has 0 spiro atoms. The first-order valence-corrected chi connectivity index (χ1v) is 9.05. The number of benzene rings is 2. The molecule has 1 aliphatic heterocycles. The van der Waals surface area contributed by atoms with Crippen LogP contribution in [0.4, 0.5) is 18.0 Å². The van der Waals surface area contributed by atoms with Crippen LogP contribution in [0.3, 0.4) is 0 Å². The zero-order valence-electron chi connectivity index (χ0n) is 14.8. The summed E-state index contributed by atoms with van der Waals surface area (Å²) in [7, 11) is 0. The molecular formula is C20H20ClF3N2O. The highest BCUT2D eigenvalue weighted by atomic mass is 35.5. The molecule has 0 aliphatic carbocycles. The zero-order valence-corrected chi connectivity index (χ0v) is 15.6. The number of amides is 2. The molecule has 3 nitrogen and oxygen atoms in total. The standard InChI is InChI=1S/C20H20ClF3N2O/c1-19(15-5-7-16(8-6-15)20(22,23)24)11-2-12-26(19)18(27)25-13-14-3-9-17(21)10-4-14/h3-10H,2,11-13H2,1H3,(H,25,27). The third-order valence-corrected chi connectivity index (χ3v) is 5.33. The molecule has 144 valence electrons. The summed E-state index contributed by atoms with van der Waals surface area (Å²) in [4.78, 5) is 14.4. The number of alkyl halides is 3. The van der Waals surface area contributed by atoms with Crippen molar-refractivity contribution >= 4 is 17.6 Å². The van der Waals surface area contributed by atoms with E-state index >= 15 is 0 Å². The van der Waals surface area contributed by atoms with Crippen molar-refractivity contribution in [3.05, 3.63) is 70.2 Å². The molecule has 1 unspecified atom stereocenters. The van der Waals surface area contributed by atoms with Gasteiger partial charge < -0.3 is 10.2 Å². The minimum Gasteiger partial charge on any atom is -0.334 e. The molecule has 1 aliphatic rings. The van der Waals surface area contributed by atoms with Gasteiger partial charge in [0.15, 0.2) is 0 Å². The molecule has 1 fully saturated rings. The van der Waals surface area contributed by atoms with E-state index in [4.69, 9.17) is 11.6 Å². The lowest BCUT2D eigenvalue weighted by Crippen LogP contribution is -2.47. The van der Waals surface area contributed by atoms with E-state index in [0.717, 1.165) is 24.1 Å². The highest BCUT2D eigenvalue weighted by Crippen LogP contribution is 2.39. The molecule has 1 N–H and O–H groups in total. The van der Waals surface area contributed by atoms with Gasteiger partial charge in [0, 0.05) is 18.1 Å². The van der Waals surface area contributed by atoms with Crippen molar-refractivity contribution in [2.75, 3.05) is 6.54 Å². The summed E-state index contributed by atoms with van der Waals surface area (Å²) in [6.45, 7) is 2.81. The maximum absolute atomic E-state index is 12.8. The Kier molecular flexibility index (Phi) is 5.38. The number of carbonyl (C=O) groups excluding carboxylic acids is 1. The highest BCUT2D eigenvalue weighted by Gasteiger charge is 2.41. The lowest BCUT2D eigenvalue weighted by atomic mass is 9.89. The normalized spacial score (nSPS) is 20.0. The van der Waals surface area contributed by atoms with Crippen LogP contribution in [-0.2, 0) is 18.3 Å². The number of hydrogen-bond acceptors (Lipinski definition) is 1. The number of nitrogens with zero attached hydrogens (tertiary/aromatic N) is 1. The average molecular weight is 397 g/mol.